The van der Waals surface area contributed by atoms with E-state index in [0.29, 0.717) is 5.56 Å². The third kappa shape index (κ3) is 3.83. The van der Waals surface area contributed by atoms with Crippen LogP contribution in [0.1, 0.15) is 5.56 Å². The zero-order valence-electron chi connectivity index (χ0n) is 13.0. The number of nitro benzene ring substituents is 1. The number of benzene rings is 2. The number of nitrogens with zero attached hydrogens (tertiary/aromatic N) is 4. The molecule has 0 N–H and O–H groups in total. The molecule has 1 fully saturated rings. The van der Waals surface area contributed by atoms with E-state index in [-0.39, 0.29) is 10.6 Å². The third-order valence-corrected chi connectivity index (χ3v) is 4.19. The molecule has 0 amide bonds. The number of nitro groups is 1. The van der Waals surface area contributed by atoms with Crippen LogP contribution in [0, 0.1) is 10.1 Å². The van der Waals surface area contributed by atoms with Crippen molar-refractivity contribution >= 4 is 29.2 Å². The summed E-state index contributed by atoms with van der Waals surface area (Å²) >= 11 is 5.91. The van der Waals surface area contributed by atoms with Crippen LogP contribution in [0.3, 0.4) is 0 Å². The summed E-state index contributed by atoms with van der Waals surface area (Å²) in [6.45, 7) is 3.21. The predicted molar refractivity (Wildman–Crippen MR) is 95.9 cm³/mol. The van der Waals surface area contributed by atoms with Crippen molar-refractivity contribution in [3.8, 4) is 0 Å². The molecule has 0 saturated carbocycles. The molecule has 7 heteroatoms. The summed E-state index contributed by atoms with van der Waals surface area (Å²) in [4.78, 5) is 12.9. The standard InChI is InChI=1S/C17H17ClN4O2/c18-15-5-7-16(8-6-15)20-9-11-21(12-10-20)19-13-14-3-1-2-4-17(14)22(23)24/h1-8,13H,9-12H2/b19-13-. The van der Waals surface area contributed by atoms with Gasteiger partial charge >= 0.3 is 0 Å². The van der Waals surface area contributed by atoms with E-state index in [2.05, 4.69) is 10.0 Å². The fourth-order valence-corrected chi connectivity index (χ4v) is 2.75. The number of hydrogen-bond donors (Lipinski definition) is 0. The molecule has 0 aromatic heterocycles. The fraction of sp³-hybridized carbons (Fsp3) is 0.235. The summed E-state index contributed by atoms with van der Waals surface area (Å²) in [5.74, 6) is 0. The van der Waals surface area contributed by atoms with E-state index in [0.717, 1.165) is 36.9 Å². The molecule has 0 bridgehead atoms. The average molecular weight is 345 g/mol. The average Bonchev–Trinajstić information content (AvgIpc) is 2.61. The number of para-hydroxylation sites is 1. The minimum Gasteiger partial charge on any atom is -0.368 e. The van der Waals surface area contributed by atoms with E-state index in [1.165, 1.54) is 6.07 Å². The van der Waals surface area contributed by atoms with Crippen LogP contribution in [0.4, 0.5) is 11.4 Å². The lowest BCUT2D eigenvalue weighted by Crippen LogP contribution is -2.44. The van der Waals surface area contributed by atoms with Crippen molar-refractivity contribution in [1.29, 1.82) is 0 Å². The molecule has 1 aliphatic rings. The summed E-state index contributed by atoms with van der Waals surface area (Å²) in [7, 11) is 0. The van der Waals surface area contributed by atoms with Gasteiger partial charge in [0.05, 0.1) is 29.8 Å². The van der Waals surface area contributed by atoms with Crippen LogP contribution in [-0.2, 0) is 0 Å². The van der Waals surface area contributed by atoms with E-state index < -0.39 is 0 Å². The Morgan fingerprint density at radius 2 is 1.71 bits per heavy atom. The Kier molecular flexibility index (Phi) is 4.96. The Bertz CT molecular complexity index is 741. The molecule has 0 atom stereocenters. The van der Waals surface area contributed by atoms with Gasteiger partial charge in [0, 0.05) is 29.9 Å². The van der Waals surface area contributed by atoms with Gasteiger partial charge in [0.2, 0.25) is 0 Å². The normalized spacial score (nSPS) is 15.0. The van der Waals surface area contributed by atoms with Gasteiger partial charge in [-0.15, -0.1) is 0 Å². The van der Waals surface area contributed by atoms with Crippen molar-refractivity contribution in [3.63, 3.8) is 0 Å². The van der Waals surface area contributed by atoms with Crippen LogP contribution in [0.2, 0.25) is 5.02 Å². The van der Waals surface area contributed by atoms with E-state index in [4.69, 9.17) is 11.6 Å². The second-order valence-corrected chi connectivity index (χ2v) is 5.91. The number of rotatable bonds is 4. The Morgan fingerprint density at radius 3 is 2.38 bits per heavy atom. The highest BCUT2D eigenvalue weighted by molar-refractivity contribution is 6.30. The van der Waals surface area contributed by atoms with Gasteiger partial charge in [0.15, 0.2) is 0 Å². The van der Waals surface area contributed by atoms with Gasteiger partial charge in [0.1, 0.15) is 0 Å². The first-order chi connectivity index (χ1) is 11.6. The van der Waals surface area contributed by atoms with Crippen molar-refractivity contribution in [2.75, 3.05) is 31.1 Å². The summed E-state index contributed by atoms with van der Waals surface area (Å²) in [6.07, 6.45) is 1.57. The molecular weight excluding hydrogens is 328 g/mol. The van der Waals surface area contributed by atoms with Crippen LogP contribution >= 0.6 is 11.6 Å². The molecule has 0 spiro atoms. The van der Waals surface area contributed by atoms with Crippen molar-refractivity contribution in [2.24, 2.45) is 5.10 Å². The maximum Gasteiger partial charge on any atom is 0.278 e. The highest BCUT2D eigenvalue weighted by Gasteiger charge is 2.16. The topological polar surface area (TPSA) is 62.0 Å². The molecule has 1 heterocycles. The lowest BCUT2D eigenvalue weighted by Gasteiger charge is -2.34. The highest BCUT2D eigenvalue weighted by Crippen LogP contribution is 2.20. The van der Waals surface area contributed by atoms with E-state index in [1.54, 1.807) is 24.4 Å². The molecule has 0 radical (unpaired) electrons. The van der Waals surface area contributed by atoms with Crippen LogP contribution in [0.25, 0.3) is 0 Å². The highest BCUT2D eigenvalue weighted by atomic mass is 35.5. The molecule has 6 nitrogen and oxygen atoms in total. The summed E-state index contributed by atoms with van der Waals surface area (Å²) in [5.41, 5.74) is 1.73. The first-order valence-electron chi connectivity index (χ1n) is 7.66. The monoisotopic (exact) mass is 344 g/mol. The quantitative estimate of drug-likeness (QED) is 0.484. The lowest BCUT2D eigenvalue weighted by molar-refractivity contribution is -0.385. The number of hydrazone groups is 1. The fourth-order valence-electron chi connectivity index (χ4n) is 2.63. The third-order valence-electron chi connectivity index (χ3n) is 3.94. The number of halogens is 1. The Labute approximate surface area is 145 Å². The van der Waals surface area contributed by atoms with Gasteiger partial charge in [-0.05, 0) is 30.3 Å². The van der Waals surface area contributed by atoms with Gasteiger partial charge in [0.25, 0.3) is 5.69 Å². The van der Waals surface area contributed by atoms with Crippen molar-refractivity contribution in [2.45, 2.75) is 0 Å². The number of anilines is 1. The first-order valence-corrected chi connectivity index (χ1v) is 8.04. The van der Waals surface area contributed by atoms with Gasteiger partial charge in [-0.3, -0.25) is 15.1 Å². The minimum absolute atomic E-state index is 0.0704. The smallest absolute Gasteiger partial charge is 0.278 e. The van der Waals surface area contributed by atoms with E-state index >= 15 is 0 Å². The van der Waals surface area contributed by atoms with Crippen LogP contribution in [-0.4, -0.2) is 42.3 Å². The Morgan fingerprint density at radius 1 is 1.04 bits per heavy atom. The largest absolute Gasteiger partial charge is 0.368 e. The molecule has 2 aromatic carbocycles. The van der Waals surface area contributed by atoms with Crippen molar-refractivity contribution in [1.82, 2.24) is 5.01 Å². The molecule has 1 saturated heterocycles. The maximum absolute atomic E-state index is 11.0. The minimum atomic E-state index is -0.389. The van der Waals surface area contributed by atoms with Crippen molar-refractivity contribution in [3.05, 3.63) is 69.2 Å². The van der Waals surface area contributed by atoms with E-state index in [1.807, 2.05) is 29.3 Å². The zero-order valence-corrected chi connectivity index (χ0v) is 13.8. The lowest BCUT2D eigenvalue weighted by atomic mass is 10.2. The molecule has 0 unspecified atom stereocenters. The van der Waals surface area contributed by atoms with Crippen molar-refractivity contribution < 1.29 is 4.92 Å². The molecule has 0 aliphatic carbocycles. The Balaban J connectivity index is 1.61. The molecular formula is C17H17ClN4O2. The predicted octanol–water partition coefficient (Wildman–Crippen LogP) is 3.40. The molecule has 2 aromatic rings. The van der Waals surface area contributed by atoms with Gasteiger partial charge in [-0.25, -0.2) is 0 Å². The summed E-state index contributed by atoms with van der Waals surface area (Å²) < 4.78 is 0. The molecule has 3 rings (SSSR count). The number of piperazine rings is 1. The van der Waals surface area contributed by atoms with Crippen LogP contribution in [0.5, 0.6) is 0 Å². The van der Waals surface area contributed by atoms with E-state index in [9.17, 15) is 10.1 Å². The van der Waals surface area contributed by atoms with Gasteiger partial charge < -0.3 is 4.90 Å². The summed E-state index contributed by atoms with van der Waals surface area (Å²) in [6, 6.07) is 14.4. The Hall–Kier alpha value is -2.60. The van der Waals surface area contributed by atoms with Gasteiger partial charge in [-0.1, -0.05) is 23.7 Å². The SMILES string of the molecule is O=[N+]([O-])c1ccccc1/C=N\N1CCN(c2ccc(Cl)cc2)CC1. The van der Waals surface area contributed by atoms with Crippen LogP contribution in [0.15, 0.2) is 53.6 Å². The molecule has 124 valence electrons. The summed E-state index contributed by atoms with van der Waals surface area (Å²) in [5, 5.41) is 18.1. The first kappa shape index (κ1) is 16.3. The maximum atomic E-state index is 11.0. The molecule has 24 heavy (non-hydrogen) atoms. The van der Waals surface area contributed by atoms with Gasteiger partial charge in [-0.2, -0.15) is 5.10 Å². The zero-order chi connectivity index (χ0) is 16.9. The second kappa shape index (κ2) is 7.31. The van der Waals surface area contributed by atoms with Crippen LogP contribution < -0.4 is 4.90 Å². The number of hydrogen-bond acceptors (Lipinski definition) is 5. The second-order valence-electron chi connectivity index (χ2n) is 5.48. The molecule has 1 aliphatic heterocycles.